The Morgan fingerprint density at radius 1 is 1.19 bits per heavy atom. The maximum Gasteiger partial charge on any atom is 0.131 e. The summed E-state index contributed by atoms with van der Waals surface area (Å²) in [7, 11) is 0. The molecule has 2 aromatic rings. The number of hydrogen-bond acceptors (Lipinski definition) is 2. The van der Waals surface area contributed by atoms with Crippen molar-refractivity contribution in [1.29, 1.82) is 0 Å². The molecule has 0 saturated carbocycles. The summed E-state index contributed by atoms with van der Waals surface area (Å²) in [5.41, 5.74) is 6.28. The Hall–Kier alpha value is -1.68. The van der Waals surface area contributed by atoms with E-state index >= 15 is 0 Å². The van der Waals surface area contributed by atoms with Crippen LogP contribution in [0.1, 0.15) is 22.9 Å². The molecule has 1 heterocycles. The Labute approximate surface area is 91.7 Å². The van der Waals surface area contributed by atoms with Gasteiger partial charge in [0, 0.05) is 11.1 Å². The smallest absolute Gasteiger partial charge is 0.131 e. The highest BCUT2D eigenvalue weighted by atomic mass is 19.1. The number of aryl methyl sites for hydroxylation is 1. The molecule has 1 aromatic heterocycles. The van der Waals surface area contributed by atoms with Crippen LogP contribution < -0.4 is 5.73 Å². The fourth-order valence-electron chi connectivity index (χ4n) is 1.68. The molecule has 0 saturated heterocycles. The summed E-state index contributed by atoms with van der Waals surface area (Å²) < 4.78 is 32.0. The van der Waals surface area contributed by atoms with Crippen molar-refractivity contribution >= 4 is 0 Å². The van der Waals surface area contributed by atoms with Gasteiger partial charge in [0.15, 0.2) is 0 Å². The monoisotopic (exact) mass is 223 g/mol. The van der Waals surface area contributed by atoms with E-state index in [9.17, 15) is 8.78 Å². The lowest BCUT2D eigenvalue weighted by molar-refractivity contribution is 0.518. The van der Waals surface area contributed by atoms with Gasteiger partial charge in [0.1, 0.15) is 17.4 Å². The molecule has 0 aliphatic heterocycles. The van der Waals surface area contributed by atoms with E-state index < -0.39 is 17.7 Å². The number of benzene rings is 1. The minimum absolute atomic E-state index is 0.132. The summed E-state index contributed by atoms with van der Waals surface area (Å²) in [5, 5.41) is 0. The van der Waals surface area contributed by atoms with E-state index in [0.29, 0.717) is 11.3 Å². The molecule has 0 aliphatic carbocycles. The quantitative estimate of drug-likeness (QED) is 0.850. The van der Waals surface area contributed by atoms with Crippen LogP contribution in [0.25, 0.3) is 0 Å². The second-order valence-corrected chi connectivity index (χ2v) is 3.55. The molecule has 1 aromatic carbocycles. The maximum atomic E-state index is 13.5. The van der Waals surface area contributed by atoms with Crippen LogP contribution in [-0.4, -0.2) is 0 Å². The molecule has 0 fully saturated rings. The number of halogens is 2. The first-order valence-electron chi connectivity index (χ1n) is 4.84. The summed E-state index contributed by atoms with van der Waals surface area (Å²) >= 11 is 0. The van der Waals surface area contributed by atoms with Crippen molar-refractivity contribution in [3.8, 4) is 0 Å². The van der Waals surface area contributed by atoms with Gasteiger partial charge in [-0.2, -0.15) is 0 Å². The SMILES string of the molecule is Cc1occc1C(N)c1c(F)cccc1F. The van der Waals surface area contributed by atoms with E-state index in [1.165, 1.54) is 24.5 Å². The highest BCUT2D eigenvalue weighted by molar-refractivity contribution is 5.34. The fraction of sp³-hybridized carbons (Fsp3) is 0.167. The van der Waals surface area contributed by atoms with E-state index in [1.54, 1.807) is 13.0 Å². The lowest BCUT2D eigenvalue weighted by Gasteiger charge is -2.13. The van der Waals surface area contributed by atoms with Crippen LogP contribution in [0.15, 0.2) is 34.9 Å². The molecule has 4 heteroatoms. The molecule has 0 aliphatic rings. The van der Waals surface area contributed by atoms with Gasteiger partial charge >= 0.3 is 0 Å². The normalized spacial score (nSPS) is 12.8. The van der Waals surface area contributed by atoms with Crippen molar-refractivity contribution in [3.63, 3.8) is 0 Å². The lowest BCUT2D eigenvalue weighted by atomic mass is 9.99. The zero-order chi connectivity index (χ0) is 11.7. The van der Waals surface area contributed by atoms with Crippen molar-refractivity contribution in [3.05, 3.63) is 59.1 Å². The topological polar surface area (TPSA) is 39.2 Å². The van der Waals surface area contributed by atoms with Gasteiger partial charge in [0.05, 0.1) is 12.3 Å². The summed E-state index contributed by atoms with van der Waals surface area (Å²) in [6, 6.07) is 4.45. The zero-order valence-electron chi connectivity index (χ0n) is 8.71. The van der Waals surface area contributed by atoms with Gasteiger partial charge in [0.25, 0.3) is 0 Å². The third kappa shape index (κ3) is 1.72. The lowest BCUT2D eigenvalue weighted by Crippen LogP contribution is -2.15. The van der Waals surface area contributed by atoms with Crippen molar-refractivity contribution in [2.24, 2.45) is 5.73 Å². The molecular formula is C12H11F2NO. The predicted octanol–water partition coefficient (Wildman–Crippen LogP) is 2.91. The summed E-state index contributed by atoms with van der Waals surface area (Å²) in [6.45, 7) is 1.70. The standard InChI is InChI=1S/C12H11F2NO/c1-7-8(5-6-16-7)12(15)11-9(13)3-2-4-10(11)14/h2-6,12H,15H2,1H3. The van der Waals surface area contributed by atoms with Crippen molar-refractivity contribution in [2.45, 2.75) is 13.0 Å². The van der Waals surface area contributed by atoms with Gasteiger partial charge in [-0.15, -0.1) is 0 Å². The van der Waals surface area contributed by atoms with Crippen LogP contribution in [-0.2, 0) is 0 Å². The van der Waals surface area contributed by atoms with E-state index in [0.717, 1.165) is 0 Å². The second kappa shape index (κ2) is 4.06. The molecule has 2 rings (SSSR count). The van der Waals surface area contributed by atoms with Crippen LogP contribution in [0, 0.1) is 18.6 Å². The molecule has 16 heavy (non-hydrogen) atoms. The first kappa shape index (κ1) is 10.8. The Bertz CT molecular complexity index is 487. The van der Waals surface area contributed by atoms with Crippen molar-refractivity contribution in [1.82, 2.24) is 0 Å². The number of furan rings is 1. The van der Waals surface area contributed by atoms with E-state index in [-0.39, 0.29) is 5.56 Å². The molecule has 0 amide bonds. The molecular weight excluding hydrogens is 212 g/mol. The van der Waals surface area contributed by atoms with Crippen LogP contribution in [0.4, 0.5) is 8.78 Å². The van der Waals surface area contributed by atoms with Crippen molar-refractivity contribution in [2.75, 3.05) is 0 Å². The molecule has 0 bridgehead atoms. The fourth-order valence-corrected chi connectivity index (χ4v) is 1.68. The van der Waals surface area contributed by atoms with Crippen LogP contribution in [0.3, 0.4) is 0 Å². The molecule has 1 unspecified atom stereocenters. The van der Waals surface area contributed by atoms with Gasteiger partial charge in [-0.1, -0.05) is 6.07 Å². The first-order chi connectivity index (χ1) is 7.61. The molecule has 2 N–H and O–H groups in total. The van der Waals surface area contributed by atoms with E-state index in [2.05, 4.69) is 0 Å². The van der Waals surface area contributed by atoms with Crippen LogP contribution in [0.5, 0.6) is 0 Å². The third-order valence-corrected chi connectivity index (χ3v) is 2.54. The van der Waals surface area contributed by atoms with Gasteiger partial charge in [0.2, 0.25) is 0 Å². The highest BCUT2D eigenvalue weighted by Gasteiger charge is 2.20. The van der Waals surface area contributed by atoms with Gasteiger partial charge in [-0.3, -0.25) is 0 Å². The second-order valence-electron chi connectivity index (χ2n) is 3.55. The number of hydrogen-bond donors (Lipinski definition) is 1. The summed E-state index contributed by atoms with van der Waals surface area (Å²) in [5.74, 6) is -0.726. The third-order valence-electron chi connectivity index (χ3n) is 2.54. The Morgan fingerprint density at radius 3 is 2.31 bits per heavy atom. The summed E-state index contributed by atoms with van der Waals surface area (Å²) in [6.07, 6.45) is 1.45. The Balaban J connectivity index is 2.49. The maximum absolute atomic E-state index is 13.5. The largest absolute Gasteiger partial charge is 0.469 e. The zero-order valence-corrected chi connectivity index (χ0v) is 8.71. The molecule has 0 radical (unpaired) electrons. The van der Waals surface area contributed by atoms with Crippen LogP contribution in [0.2, 0.25) is 0 Å². The van der Waals surface area contributed by atoms with Crippen molar-refractivity contribution < 1.29 is 13.2 Å². The molecule has 1 atom stereocenters. The summed E-state index contributed by atoms with van der Waals surface area (Å²) in [4.78, 5) is 0. The minimum atomic E-state index is -0.847. The average molecular weight is 223 g/mol. The minimum Gasteiger partial charge on any atom is -0.469 e. The first-order valence-corrected chi connectivity index (χ1v) is 4.84. The predicted molar refractivity (Wildman–Crippen MR) is 55.8 cm³/mol. The van der Waals surface area contributed by atoms with Gasteiger partial charge in [-0.25, -0.2) is 8.78 Å². The Kier molecular flexibility index (Phi) is 2.75. The molecule has 0 spiro atoms. The number of rotatable bonds is 2. The van der Waals surface area contributed by atoms with Crippen LogP contribution >= 0.6 is 0 Å². The Morgan fingerprint density at radius 2 is 1.81 bits per heavy atom. The van der Waals surface area contributed by atoms with E-state index in [4.69, 9.17) is 10.2 Å². The molecule has 84 valence electrons. The average Bonchev–Trinajstić information content (AvgIpc) is 2.64. The molecule has 2 nitrogen and oxygen atoms in total. The highest BCUT2D eigenvalue weighted by Crippen LogP contribution is 2.27. The number of nitrogens with two attached hydrogens (primary N) is 1. The van der Waals surface area contributed by atoms with Gasteiger partial charge < -0.3 is 10.2 Å². The van der Waals surface area contributed by atoms with E-state index in [1.807, 2.05) is 0 Å². The van der Waals surface area contributed by atoms with Gasteiger partial charge in [-0.05, 0) is 25.1 Å².